The molecule has 14 heavy (non-hydrogen) atoms. The van der Waals surface area contributed by atoms with Crippen molar-refractivity contribution in [1.29, 1.82) is 0 Å². The van der Waals surface area contributed by atoms with Crippen LogP contribution < -0.4 is 0 Å². The van der Waals surface area contributed by atoms with Crippen LogP contribution in [0.5, 0.6) is 0 Å². The molecular weight excluding hydrogens is 176 g/mol. The van der Waals surface area contributed by atoms with Gasteiger partial charge in [-0.25, -0.2) is 0 Å². The fourth-order valence-corrected chi connectivity index (χ4v) is 1.87. The molecule has 0 spiro atoms. The molecule has 1 aliphatic carbocycles. The highest BCUT2D eigenvalue weighted by Crippen LogP contribution is 2.31. The summed E-state index contributed by atoms with van der Waals surface area (Å²) >= 11 is 0. The molecule has 1 aliphatic rings. The lowest BCUT2D eigenvalue weighted by Gasteiger charge is -2.31. The Kier molecular flexibility index (Phi) is 3.99. The Morgan fingerprint density at radius 3 is 2.29 bits per heavy atom. The summed E-state index contributed by atoms with van der Waals surface area (Å²) in [5.74, 6) is 0.906. The number of hydrogen-bond acceptors (Lipinski definition) is 2. The number of hydrogen-bond donors (Lipinski definition) is 0. The number of ether oxygens (including phenoxy) is 2. The van der Waals surface area contributed by atoms with Crippen molar-refractivity contribution in [3.8, 4) is 0 Å². The van der Waals surface area contributed by atoms with E-state index in [1.807, 2.05) is 13.8 Å². The summed E-state index contributed by atoms with van der Waals surface area (Å²) in [6, 6.07) is 0. The van der Waals surface area contributed by atoms with Gasteiger partial charge in [0.25, 0.3) is 0 Å². The van der Waals surface area contributed by atoms with E-state index in [0.29, 0.717) is 5.92 Å². The van der Waals surface area contributed by atoms with Gasteiger partial charge in [0.1, 0.15) is 0 Å². The zero-order valence-corrected chi connectivity index (χ0v) is 9.64. The van der Waals surface area contributed by atoms with Gasteiger partial charge < -0.3 is 9.47 Å². The van der Waals surface area contributed by atoms with Crippen LogP contribution in [-0.4, -0.2) is 12.9 Å². The third kappa shape index (κ3) is 3.33. The molecule has 0 bridgehead atoms. The molecule has 2 nitrogen and oxygen atoms in total. The Morgan fingerprint density at radius 2 is 1.79 bits per heavy atom. The van der Waals surface area contributed by atoms with Crippen molar-refractivity contribution in [2.45, 2.75) is 51.7 Å². The predicted molar refractivity (Wildman–Crippen MR) is 57.9 cm³/mol. The van der Waals surface area contributed by atoms with Crippen molar-refractivity contribution in [2.75, 3.05) is 7.11 Å². The molecule has 0 unspecified atom stereocenters. The van der Waals surface area contributed by atoms with Gasteiger partial charge in [-0.15, -0.1) is 0 Å². The van der Waals surface area contributed by atoms with E-state index in [4.69, 9.17) is 9.47 Å². The number of rotatable bonds is 4. The summed E-state index contributed by atoms with van der Waals surface area (Å²) in [4.78, 5) is 0. The van der Waals surface area contributed by atoms with Crippen molar-refractivity contribution >= 4 is 0 Å². The molecule has 0 aromatic rings. The quantitative estimate of drug-likeness (QED) is 0.508. The molecule has 1 saturated carbocycles. The molecule has 0 atom stereocenters. The van der Waals surface area contributed by atoms with Gasteiger partial charge in [0, 0.05) is 26.9 Å². The van der Waals surface area contributed by atoms with Gasteiger partial charge >= 0.3 is 0 Å². The molecule has 0 amide bonds. The minimum atomic E-state index is -0.533. The zero-order valence-electron chi connectivity index (χ0n) is 9.64. The monoisotopic (exact) mass is 198 g/mol. The molecule has 0 aliphatic heterocycles. The molecule has 1 fully saturated rings. The van der Waals surface area contributed by atoms with E-state index in [2.05, 4.69) is 6.58 Å². The van der Waals surface area contributed by atoms with Crippen molar-refractivity contribution in [2.24, 2.45) is 5.92 Å². The van der Waals surface area contributed by atoms with Crippen molar-refractivity contribution < 1.29 is 9.47 Å². The van der Waals surface area contributed by atoms with Crippen molar-refractivity contribution in [3.63, 3.8) is 0 Å². The first-order valence-electron chi connectivity index (χ1n) is 5.48. The summed E-state index contributed by atoms with van der Waals surface area (Å²) in [6.45, 7) is 7.84. The summed E-state index contributed by atoms with van der Waals surface area (Å²) in [5.41, 5.74) is 0. The molecule has 82 valence electrons. The first kappa shape index (κ1) is 11.6. The maximum absolute atomic E-state index is 5.71. The van der Waals surface area contributed by atoms with Gasteiger partial charge in [0.2, 0.25) is 5.79 Å². The van der Waals surface area contributed by atoms with Gasteiger partial charge in [-0.2, -0.15) is 0 Å². The van der Waals surface area contributed by atoms with Crippen molar-refractivity contribution in [3.05, 3.63) is 12.3 Å². The number of methoxy groups -OCH3 is 1. The Bertz CT molecular complexity index is 190. The average molecular weight is 198 g/mol. The molecule has 0 radical (unpaired) electrons. The number of allylic oxidation sites excluding steroid dienone is 1. The first-order chi connectivity index (χ1) is 6.55. The second kappa shape index (κ2) is 4.83. The van der Waals surface area contributed by atoms with E-state index in [9.17, 15) is 0 Å². The minimum absolute atomic E-state index is 0.533. The van der Waals surface area contributed by atoms with E-state index < -0.39 is 5.79 Å². The maximum atomic E-state index is 5.71. The lowest BCUT2D eigenvalue weighted by molar-refractivity contribution is -0.177. The summed E-state index contributed by atoms with van der Waals surface area (Å²) in [6.07, 6.45) is 6.41. The van der Waals surface area contributed by atoms with Crippen LogP contribution in [0.1, 0.15) is 46.0 Å². The van der Waals surface area contributed by atoms with Crippen LogP contribution in [0, 0.1) is 5.92 Å². The van der Waals surface area contributed by atoms with Gasteiger partial charge in [0.15, 0.2) is 0 Å². The highest BCUT2D eigenvalue weighted by molar-refractivity contribution is 4.94. The summed E-state index contributed by atoms with van der Waals surface area (Å²) in [5, 5.41) is 0. The van der Waals surface area contributed by atoms with Crippen LogP contribution >= 0.6 is 0 Å². The molecule has 0 saturated heterocycles. The predicted octanol–water partition coefficient (Wildman–Crippen LogP) is 3.48. The topological polar surface area (TPSA) is 18.5 Å². The molecule has 1 rings (SSSR count). The lowest BCUT2D eigenvalue weighted by atomic mass is 9.88. The fourth-order valence-electron chi connectivity index (χ4n) is 1.87. The molecule has 2 heteroatoms. The zero-order chi connectivity index (χ0) is 10.6. The molecule has 0 heterocycles. The van der Waals surface area contributed by atoms with Crippen LogP contribution in [0.4, 0.5) is 0 Å². The van der Waals surface area contributed by atoms with Crippen LogP contribution in [0.25, 0.3) is 0 Å². The summed E-state index contributed by atoms with van der Waals surface area (Å²) < 4.78 is 10.9. The first-order valence-corrected chi connectivity index (χ1v) is 5.48. The van der Waals surface area contributed by atoms with E-state index in [0.717, 1.165) is 5.76 Å². The second-order valence-electron chi connectivity index (χ2n) is 4.51. The standard InChI is InChI=1S/C12H22O2/c1-10(14-12(2,3)13-4)11-8-6-5-7-9-11/h11H,1,5-9H2,2-4H3. The Morgan fingerprint density at radius 1 is 1.21 bits per heavy atom. The lowest BCUT2D eigenvalue weighted by Crippen LogP contribution is -2.28. The highest BCUT2D eigenvalue weighted by Gasteiger charge is 2.24. The second-order valence-corrected chi connectivity index (χ2v) is 4.51. The van der Waals surface area contributed by atoms with E-state index in [1.54, 1.807) is 7.11 Å². The van der Waals surface area contributed by atoms with Crippen LogP contribution in [0.3, 0.4) is 0 Å². The molecule has 0 aromatic heterocycles. The summed E-state index contributed by atoms with van der Waals surface area (Å²) in [7, 11) is 1.66. The van der Waals surface area contributed by atoms with Gasteiger partial charge in [-0.1, -0.05) is 25.8 Å². The van der Waals surface area contributed by atoms with Crippen LogP contribution in [0.15, 0.2) is 12.3 Å². The fraction of sp³-hybridized carbons (Fsp3) is 0.833. The van der Waals surface area contributed by atoms with E-state index in [1.165, 1.54) is 32.1 Å². The third-order valence-electron chi connectivity index (χ3n) is 2.93. The van der Waals surface area contributed by atoms with E-state index >= 15 is 0 Å². The highest BCUT2D eigenvalue weighted by atomic mass is 16.7. The largest absolute Gasteiger partial charge is 0.468 e. The Balaban J connectivity index is 2.40. The smallest absolute Gasteiger partial charge is 0.204 e. The van der Waals surface area contributed by atoms with E-state index in [-0.39, 0.29) is 0 Å². The minimum Gasteiger partial charge on any atom is -0.468 e. The molecular formula is C12H22O2. The maximum Gasteiger partial charge on any atom is 0.204 e. The normalized spacial score (nSPS) is 19.4. The van der Waals surface area contributed by atoms with Crippen molar-refractivity contribution in [1.82, 2.24) is 0 Å². The average Bonchev–Trinajstić information content (AvgIpc) is 2.19. The third-order valence-corrected chi connectivity index (χ3v) is 2.93. The van der Waals surface area contributed by atoms with Crippen LogP contribution in [0.2, 0.25) is 0 Å². The molecule has 0 N–H and O–H groups in total. The van der Waals surface area contributed by atoms with Crippen LogP contribution in [-0.2, 0) is 9.47 Å². The van der Waals surface area contributed by atoms with Gasteiger partial charge in [-0.3, -0.25) is 0 Å². The Hall–Kier alpha value is -0.500. The van der Waals surface area contributed by atoms with Gasteiger partial charge in [0.05, 0.1) is 5.76 Å². The van der Waals surface area contributed by atoms with Gasteiger partial charge in [-0.05, 0) is 12.8 Å². The SMILES string of the molecule is C=C(OC(C)(C)OC)C1CCCCC1. The molecule has 0 aromatic carbocycles. The Labute approximate surface area is 87.3 Å².